The summed E-state index contributed by atoms with van der Waals surface area (Å²) in [4.78, 5) is 7.00. The molecule has 13 heavy (non-hydrogen) atoms. The molecule has 0 aromatic carbocycles. The summed E-state index contributed by atoms with van der Waals surface area (Å²) in [5.41, 5.74) is 1.16. The molecule has 2 nitrogen and oxygen atoms in total. The van der Waals surface area contributed by atoms with E-state index in [9.17, 15) is 0 Å². The van der Waals surface area contributed by atoms with E-state index in [-0.39, 0.29) is 0 Å². The third-order valence-corrected chi connectivity index (χ3v) is 3.69. The van der Waals surface area contributed by atoms with Crippen molar-refractivity contribution in [2.75, 3.05) is 6.54 Å². The second-order valence-electron chi connectivity index (χ2n) is 3.70. The van der Waals surface area contributed by atoms with Crippen molar-refractivity contribution < 1.29 is 0 Å². The summed E-state index contributed by atoms with van der Waals surface area (Å²) in [7, 11) is 0. The lowest BCUT2D eigenvalue weighted by Crippen LogP contribution is -2.46. The predicted octanol–water partition coefficient (Wildman–Crippen LogP) is 2.44. The van der Waals surface area contributed by atoms with E-state index >= 15 is 0 Å². The zero-order valence-electron chi connectivity index (χ0n) is 8.29. The van der Waals surface area contributed by atoms with Gasteiger partial charge in [-0.2, -0.15) is 0 Å². The molecule has 0 spiro atoms. The van der Waals surface area contributed by atoms with Gasteiger partial charge in [-0.1, -0.05) is 6.92 Å². The van der Waals surface area contributed by atoms with Crippen LogP contribution in [0.15, 0.2) is 5.38 Å². The Morgan fingerprint density at radius 3 is 3.00 bits per heavy atom. The van der Waals surface area contributed by atoms with Crippen molar-refractivity contribution in [1.29, 1.82) is 0 Å². The zero-order chi connectivity index (χ0) is 9.26. The first kappa shape index (κ1) is 9.16. The van der Waals surface area contributed by atoms with Gasteiger partial charge in [0.2, 0.25) is 0 Å². The van der Waals surface area contributed by atoms with Gasteiger partial charge in [0.15, 0.2) is 0 Å². The lowest BCUT2D eigenvalue weighted by Gasteiger charge is -2.39. The van der Waals surface area contributed by atoms with Gasteiger partial charge in [0.05, 0.1) is 6.54 Å². The minimum absolute atomic E-state index is 0.823. The Balaban J connectivity index is 1.91. The van der Waals surface area contributed by atoms with Gasteiger partial charge in [-0.25, -0.2) is 4.98 Å². The molecule has 1 fully saturated rings. The van der Waals surface area contributed by atoms with E-state index in [4.69, 9.17) is 0 Å². The van der Waals surface area contributed by atoms with Crippen LogP contribution in [0, 0.1) is 6.92 Å². The zero-order valence-corrected chi connectivity index (χ0v) is 9.10. The first-order valence-corrected chi connectivity index (χ1v) is 5.82. The van der Waals surface area contributed by atoms with Gasteiger partial charge in [-0.05, 0) is 19.8 Å². The lowest BCUT2D eigenvalue weighted by molar-refractivity contribution is 0.0790. The summed E-state index contributed by atoms with van der Waals surface area (Å²) in [5.74, 6) is 0. The Bertz CT molecular complexity index is 280. The van der Waals surface area contributed by atoms with E-state index in [1.165, 1.54) is 24.4 Å². The van der Waals surface area contributed by atoms with Gasteiger partial charge in [0.25, 0.3) is 0 Å². The maximum atomic E-state index is 4.48. The van der Waals surface area contributed by atoms with Crippen LogP contribution < -0.4 is 0 Å². The van der Waals surface area contributed by atoms with E-state index in [1.807, 2.05) is 0 Å². The van der Waals surface area contributed by atoms with Gasteiger partial charge in [0, 0.05) is 23.7 Å². The molecule has 0 bridgehead atoms. The van der Waals surface area contributed by atoms with Crippen LogP contribution >= 0.6 is 11.3 Å². The van der Waals surface area contributed by atoms with Gasteiger partial charge in [0.1, 0.15) is 5.01 Å². The summed E-state index contributed by atoms with van der Waals surface area (Å²) < 4.78 is 0. The Labute approximate surface area is 83.6 Å². The van der Waals surface area contributed by atoms with Crippen molar-refractivity contribution in [2.45, 2.75) is 39.3 Å². The van der Waals surface area contributed by atoms with Crippen molar-refractivity contribution in [3.8, 4) is 0 Å². The van der Waals surface area contributed by atoms with Crippen LogP contribution in [-0.4, -0.2) is 22.5 Å². The molecule has 1 aliphatic rings. The SMILES string of the molecule is CCC1CCN1Cc1nc(C)cs1. The van der Waals surface area contributed by atoms with Gasteiger partial charge in [-0.15, -0.1) is 11.3 Å². The maximum Gasteiger partial charge on any atom is 0.107 e. The van der Waals surface area contributed by atoms with Crippen molar-refractivity contribution in [3.05, 3.63) is 16.1 Å². The first-order chi connectivity index (χ1) is 6.29. The maximum absolute atomic E-state index is 4.48. The molecule has 0 N–H and O–H groups in total. The molecule has 1 aromatic rings. The third kappa shape index (κ3) is 1.92. The molecule has 1 saturated heterocycles. The van der Waals surface area contributed by atoms with Gasteiger partial charge in [-0.3, -0.25) is 4.90 Å². The van der Waals surface area contributed by atoms with Crippen molar-refractivity contribution >= 4 is 11.3 Å². The van der Waals surface area contributed by atoms with Crippen molar-refractivity contribution in [1.82, 2.24) is 9.88 Å². The van der Waals surface area contributed by atoms with Crippen LogP contribution in [0.3, 0.4) is 0 Å². The smallest absolute Gasteiger partial charge is 0.107 e. The third-order valence-electron chi connectivity index (χ3n) is 2.74. The minimum atomic E-state index is 0.823. The highest BCUT2D eigenvalue weighted by atomic mass is 32.1. The lowest BCUT2D eigenvalue weighted by atomic mass is 10.0. The number of aromatic nitrogens is 1. The molecule has 1 unspecified atom stereocenters. The topological polar surface area (TPSA) is 16.1 Å². The Morgan fingerprint density at radius 1 is 1.69 bits per heavy atom. The van der Waals surface area contributed by atoms with Crippen LogP contribution in [0.2, 0.25) is 0 Å². The highest BCUT2D eigenvalue weighted by Gasteiger charge is 2.26. The molecule has 3 heteroatoms. The second-order valence-corrected chi connectivity index (χ2v) is 4.65. The molecule has 0 aliphatic carbocycles. The normalized spacial score (nSPS) is 23.1. The van der Waals surface area contributed by atoms with Crippen molar-refractivity contribution in [2.24, 2.45) is 0 Å². The highest BCUT2D eigenvalue weighted by molar-refractivity contribution is 7.09. The molecule has 72 valence electrons. The number of aryl methyl sites for hydroxylation is 1. The van der Waals surface area contributed by atoms with E-state index in [0.29, 0.717) is 0 Å². The molecule has 0 amide bonds. The number of likely N-dealkylation sites (tertiary alicyclic amines) is 1. The fourth-order valence-electron chi connectivity index (χ4n) is 1.81. The number of hydrogen-bond donors (Lipinski definition) is 0. The van der Waals surface area contributed by atoms with E-state index < -0.39 is 0 Å². The summed E-state index contributed by atoms with van der Waals surface area (Å²) >= 11 is 1.79. The quantitative estimate of drug-likeness (QED) is 0.738. The van der Waals surface area contributed by atoms with Gasteiger partial charge >= 0.3 is 0 Å². The number of nitrogens with zero attached hydrogens (tertiary/aromatic N) is 2. The Hall–Kier alpha value is -0.410. The molecular formula is C10H16N2S. The molecule has 2 heterocycles. The van der Waals surface area contributed by atoms with E-state index in [2.05, 4.69) is 29.1 Å². The summed E-state index contributed by atoms with van der Waals surface area (Å²) in [6.45, 7) is 6.66. The largest absolute Gasteiger partial charge is 0.294 e. The standard InChI is InChI=1S/C10H16N2S/c1-3-9-4-5-12(9)6-10-11-8(2)7-13-10/h7,9H,3-6H2,1-2H3. The molecular weight excluding hydrogens is 180 g/mol. The first-order valence-electron chi connectivity index (χ1n) is 4.94. The summed E-state index contributed by atoms with van der Waals surface area (Å²) in [6.07, 6.45) is 2.66. The molecule has 1 aromatic heterocycles. The predicted molar refractivity (Wildman–Crippen MR) is 56.0 cm³/mol. The Kier molecular flexibility index (Phi) is 2.65. The monoisotopic (exact) mass is 196 g/mol. The average molecular weight is 196 g/mol. The van der Waals surface area contributed by atoms with Crippen LogP contribution in [0.5, 0.6) is 0 Å². The van der Waals surface area contributed by atoms with E-state index in [1.54, 1.807) is 11.3 Å². The summed E-state index contributed by atoms with van der Waals surface area (Å²) in [5, 5.41) is 3.41. The molecule has 1 atom stereocenters. The van der Waals surface area contributed by atoms with E-state index in [0.717, 1.165) is 18.3 Å². The van der Waals surface area contributed by atoms with Gasteiger partial charge < -0.3 is 0 Å². The number of hydrogen-bond acceptors (Lipinski definition) is 3. The molecule has 2 rings (SSSR count). The molecule has 0 saturated carbocycles. The van der Waals surface area contributed by atoms with Crippen LogP contribution in [-0.2, 0) is 6.54 Å². The van der Waals surface area contributed by atoms with Crippen LogP contribution in [0.1, 0.15) is 30.5 Å². The molecule has 0 radical (unpaired) electrons. The minimum Gasteiger partial charge on any atom is -0.294 e. The fraction of sp³-hybridized carbons (Fsp3) is 0.700. The summed E-state index contributed by atoms with van der Waals surface area (Å²) in [6, 6.07) is 0.823. The molecule has 1 aliphatic heterocycles. The number of rotatable bonds is 3. The highest BCUT2D eigenvalue weighted by Crippen LogP contribution is 2.23. The number of thiazole rings is 1. The average Bonchev–Trinajstić information content (AvgIpc) is 2.46. The van der Waals surface area contributed by atoms with Crippen LogP contribution in [0.25, 0.3) is 0 Å². The fourth-order valence-corrected chi connectivity index (χ4v) is 2.61. The second kappa shape index (κ2) is 3.76. The Morgan fingerprint density at radius 2 is 2.54 bits per heavy atom. The van der Waals surface area contributed by atoms with Crippen molar-refractivity contribution in [3.63, 3.8) is 0 Å². The van der Waals surface area contributed by atoms with Crippen LogP contribution in [0.4, 0.5) is 0 Å².